The molecular weight excluding hydrogens is 383 g/mol. The summed E-state index contributed by atoms with van der Waals surface area (Å²) >= 11 is 0. The number of piperazine rings is 1. The summed E-state index contributed by atoms with van der Waals surface area (Å²) in [6, 6.07) is 5.35. The van der Waals surface area contributed by atoms with Crippen LogP contribution in [0.4, 0.5) is 4.39 Å². The predicted octanol–water partition coefficient (Wildman–Crippen LogP) is 1.75. The van der Waals surface area contributed by atoms with E-state index in [0.717, 1.165) is 6.26 Å². The largest absolute Gasteiger partial charge is 0.353 e. The van der Waals surface area contributed by atoms with Crippen molar-refractivity contribution >= 4 is 15.7 Å². The van der Waals surface area contributed by atoms with E-state index in [1.54, 1.807) is 22.9 Å². The van der Waals surface area contributed by atoms with E-state index in [-0.39, 0.29) is 17.0 Å². The Morgan fingerprint density at radius 1 is 1.36 bits per heavy atom. The minimum absolute atomic E-state index is 0.0277. The number of sulfone groups is 1. The smallest absolute Gasteiger partial charge is 0.242 e. The van der Waals surface area contributed by atoms with Crippen LogP contribution in [0.1, 0.15) is 31.1 Å². The van der Waals surface area contributed by atoms with Crippen LogP contribution in [0.15, 0.2) is 35.6 Å². The van der Waals surface area contributed by atoms with Gasteiger partial charge in [0.15, 0.2) is 0 Å². The second-order valence-corrected chi connectivity index (χ2v) is 9.44. The van der Waals surface area contributed by atoms with E-state index >= 15 is 0 Å². The number of rotatable bonds is 6. The first-order valence-corrected chi connectivity index (χ1v) is 11.1. The molecule has 1 aromatic heterocycles. The second-order valence-electron chi connectivity index (χ2n) is 7.53. The van der Waals surface area contributed by atoms with E-state index in [2.05, 4.69) is 10.3 Å². The molecule has 1 fully saturated rings. The lowest BCUT2D eigenvalue weighted by Gasteiger charge is -2.35. The SMILES string of the molecule is CC(C)Cn1c(CN2CCNC(=O)C2c2cccc(F)c2)cnc1S(C)(=O)=O. The monoisotopic (exact) mass is 408 g/mol. The van der Waals surface area contributed by atoms with Crippen LogP contribution < -0.4 is 5.32 Å². The number of nitrogens with one attached hydrogen (secondary N) is 1. The Hall–Kier alpha value is -2.26. The molecule has 1 saturated heterocycles. The molecule has 2 aromatic rings. The molecule has 3 rings (SSSR count). The molecule has 0 bridgehead atoms. The molecule has 7 nitrogen and oxygen atoms in total. The van der Waals surface area contributed by atoms with Crippen molar-refractivity contribution in [3.8, 4) is 0 Å². The second kappa shape index (κ2) is 8.00. The van der Waals surface area contributed by atoms with Crippen LogP contribution in [-0.2, 0) is 27.7 Å². The number of amides is 1. The highest BCUT2D eigenvalue weighted by atomic mass is 32.2. The highest BCUT2D eigenvalue weighted by molar-refractivity contribution is 7.90. The topological polar surface area (TPSA) is 84.3 Å². The minimum Gasteiger partial charge on any atom is -0.353 e. The number of benzene rings is 1. The third kappa shape index (κ3) is 4.41. The van der Waals surface area contributed by atoms with E-state index < -0.39 is 21.7 Å². The molecule has 0 spiro atoms. The van der Waals surface area contributed by atoms with Crippen molar-refractivity contribution in [1.29, 1.82) is 0 Å². The van der Waals surface area contributed by atoms with Gasteiger partial charge < -0.3 is 9.88 Å². The first-order valence-electron chi connectivity index (χ1n) is 9.18. The zero-order valence-electron chi connectivity index (χ0n) is 16.2. The first kappa shape index (κ1) is 20.5. The molecular formula is C19H25FN4O3S. The molecule has 9 heteroatoms. The number of hydrogen-bond donors (Lipinski definition) is 1. The molecule has 28 heavy (non-hydrogen) atoms. The molecule has 1 atom stereocenters. The Bertz CT molecular complexity index is 971. The van der Waals surface area contributed by atoms with Crippen molar-refractivity contribution in [1.82, 2.24) is 19.8 Å². The predicted molar refractivity (Wildman–Crippen MR) is 103 cm³/mol. The number of aromatic nitrogens is 2. The number of carbonyl (C=O) groups is 1. The highest BCUT2D eigenvalue weighted by Crippen LogP contribution is 2.26. The van der Waals surface area contributed by atoms with Crippen LogP contribution in [0.5, 0.6) is 0 Å². The van der Waals surface area contributed by atoms with E-state index in [1.165, 1.54) is 12.1 Å². The Balaban J connectivity index is 1.97. The van der Waals surface area contributed by atoms with Crippen LogP contribution in [-0.4, -0.2) is 48.1 Å². The molecule has 1 aromatic carbocycles. The highest BCUT2D eigenvalue weighted by Gasteiger charge is 2.32. The fourth-order valence-corrected chi connectivity index (χ4v) is 4.34. The third-order valence-corrected chi connectivity index (χ3v) is 5.61. The molecule has 0 radical (unpaired) electrons. The van der Waals surface area contributed by atoms with Gasteiger partial charge in [0.2, 0.25) is 20.9 Å². The lowest BCUT2D eigenvalue weighted by molar-refractivity contribution is -0.129. The van der Waals surface area contributed by atoms with E-state index in [0.29, 0.717) is 37.4 Å². The molecule has 1 aliphatic heterocycles. The Morgan fingerprint density at radius 3 is 2.75 bits per heavy atom. The molecule has 2 heterocycles. The summed E-state index contributed by atoms with van der Waals surface area (Å²) in [4.78, 5) is 18.6. The summed E-state index contributed by atoms with van der Waals surface area (Å²) < 4.78 is 39.6. The summed E-state index contributed by atoms with van der Waals surface area (Å²) in [6.07, 6.45) is 2.69. The average Bonchev–Trinajstić information content (AvgIpc) is 2.97. The standard InChI is InChI=1S/C19H25FN4O3S/c1-13(2)11-24-16(10-22-19(24)28(3,26)27)12-23-8-7-21-18(25)17(23)14-5-4-6-15(20)9-14/h4-6,9-10,13,17H,7-8,11-12H2,1-3H3,(H,21,25). The maximum atomic E-state index is 13.7. The van der Waals surface area contributed by atoms with Crippen LogP contribution in [0, 0.1) is 11.7 Å². The van der Waals surface area contributed by atoms with Crippen LogP contribution in [0.2, 0.25) is 0 Å². The lowest BCUT2D eigenvalue weighted by atomic mass is 10.0. The maximum absolute atomic E-state index is 13.7. The number of carbonyl (C=O) groups excluding carboxylic acids is 1. The number of nitrogens with zero attached hydrogens (tertiary/aromatic N) is 3. The van der Waals surface area contributed by atoms with Gasteiger partial charge in [-0.3, -0.25) is 9.69 Å². The van der Waals surface area contributed by atoms with Crippen LogP contribution in [0.25, 0.3) is 0 Å². The summed E-state index contributed by atoms with van der Waals surface area (Å²) in [7, 11) is -3.48. The molecule has 1 unspecified atom stereocenters. The molecule has 0 aliphatic carbocycles. The van der Waals surface area contributed by atoms with Gasteiger partial charge in [0, 0.05) is 32.4 Å². The van der Waals surface area contributed by atoms with Gasteiger partial charge in [0.25, 0.3) is 0 Å². The van der Waals surface area contributed by atoms with Gasteiger partial charge >= 0.3 is 0 Å². The summed E-state index contributed by atoms with van der Waals surface area (Å²) in [6.45, 7) is 5.88. The van der Waals surface area contributed by atoms with Crippen LogP contribution >= 0.6 is 0 Å². The van der Waals surface area contributed by atoms with Gasteiger partial charge in [0.05, 0.1) is 11.9 Å². The number of hydrogen-bond acceptors (Lipinski definition) is 5. The van der Waals surface area contributed by atoms with Gasteiger partial charge in [-0.05, 0) is 23.6 Å². The van der Waals surface area contributed by atoms with E-state index in [9.17, 15) is 17.6 Å². The molecule has 1 aliphatic rings. The summed E-state index contributed by atoms with van der Waals surface area (Å²) in [5.41, 5.74) is 1.28. The maximum Gasteiger partial charge on any atom is 0.242 e. The average molecular weight is 408 g/mol. The van der Waals surface area contributed by atoms with Gasteiger partial charge in [0.1, 0.15) is 11.9 Å². The van der Waals surface area contributed by atoms with Crippen molar-refractivity contribution in [3.05, 3.63) is 47.5 Å². The van der Waals surface area contributed by atoms with Gasteiger partial charge in [-0.2, -0.15) is 0 Å². The zero-order valence-corrected chi connectivity index (χ0v) is 17.0. The van der Waals surface area contributed by atoms with Crippen molar-refractivity contribution in [3.63, 3.8) is 0 Å². The van der Waals surface area contributed by atoms with E-state index in [1.807, 2.05) is 18.7 Å². The minimum atomic E-state index is -3.48. The normalized spacial score (nSPS) is 18.5. The quantitative estimate of drug-likeness (QED) is 0.787. The fourth-order valence-electron chi connectivity index (χ4n) is 3.51. The van der Waals surface area contributed by atoms with Gasteiger partial charge in [-0.1, -0.05) is 26.0 Å². The number of imidazole rings is 1. The Morgan fingerprint density at radius 2 is 2.11 bits per heavy atom. The third-order valence-electron chi connectivity index (χ3n) is 4.62. The summed E-state index contributed by atoms with van der Waals surface area (Å²) in [5, 5.41) is 2.85. The molecule has 152 valence electrons. The van der Waals surface area contributed by atoms with Crippen molar-refractivity contribution in [2.45, 2.75) is 38.1 Å². The first-order chi connectivity index (χ1) is 13.2. The van der Waals surface area contributed by atoms with Crippen molar-refractivity contribution < 1.29 is 17.6 Å². The molecule has 1 amide bonds. The van der Waals surface area contributed by atoms with E-state index in [4.69, 9.17) is 0 Å². The van der Waals surface area contributed by atoms with Gasteiger partial charge in [-0.15, -0.1) is 0 Å². The zero-order chi connectivity index (χ0) is 20.5. The summed E-state index contributed by atoms with van der Waals surface area (Å²) in [5.74, 6) is -0.382. The fraction of sp³-hybridized carbons (Fsp3) is 0.474. The molecule has 1 N–H and O–H groups in total. The molecule has 0 saturated carbocycles. The van der Waals surface area contributed by atoms with Crippen LogP contribution in [0.3, 0.4) is 0 Å². The number of halogens is 1. The lowest BCUT2D eigenvalue weighted by Crippen LogP contribution is -2.49. The Kier molecular flexibility index (Phi) is 5.85. The van der Waals surface area contributed by atoms with Crippen molar-refractivity contribution in [2.75, 3.05) is 19.3 Å². The van der Waals surface area contributed by atoms with Gasteiger partial charge in [-0.25, -0.2) is 17.8 Å². The van der Waals surface area contributed by atoms with Crippen molar-refractivity contribution in [2.24, 2.45) is 5.92 Å². The Labute approximate surface area is 164 Å².